The summed E-state index contributed by atoms with van der Waals surface area (Å²) in [6, 6.07) is 0. The van der Waals surface area contributed by atoms with Crippen molar-refractivity contribution >= 4 is 5.97 Å². The van der Waals surface area contributed by atoms with Gasteiger partial charge < -0.3 is 4.74 Å². The number of hydrogen-bond acceptors (Lipinski definition) is 2. The second-order valence-corrected chi connectivity index (χ2v) is 3.51. The average molecular weight is 250 g/mol. The summed E-state index contributed by atoms with van der Waals surface area (Å²) in [5, 5.41) is 0. The molecule has 0 radical (unpaired) electrons. The molecular formula is C12H17F3O2. The third-order valence-corrected chi connectivity index (χ3v) is 2.32. The second kappa shape index (κ2) is 6.47. The molecule has 98 valence electrons. The summed E-state index contributed by atoms with van der Waals surface area (Å²) in [5.41, 5.74) is 0.00834. The van der Waals surface area contributed by atoms with E-state index in [1.54, 1.807) is 13.8 Å². The number of carbonyl (C=O) groups is 1. The van der Waals surface area contributed by atoms with Crippen molar-refractivity contribution in [1.82, 2.24) is 0 Å². The fraction of sp³-hybridized carbons (Fsp3) is 0.583. The van der Waals surface area contributed by atoms with Crippen LogP contribution in [-0.4, -0.2) is 18.0 Å². The molecule has 0 aliphatic heterocycles. The standard InChI is InChI=1S/C12H17F3O2/c1-5-9(6-2)11(13)12(14,15)10(7-3)17-8(4)16/h7,10H,3,5-6H2,1-2,4H3. The zero-order valence-corrected chi connectivity index (χ0v) is 10.2. The Balaban J connectivity index is 5.27. The topological polar surface area (TPSA) is 26.3 Å². The lowest BCUT2D eigenvalue weighted by atomic mass is 10.0. The minimum Gasteiger partial charge on any atom is -0.451 e. The predicted octanol–water partition coefficient (Wildman–Crippen LogP) is 3.78. The van der Waals surface area contributed by atoms with Gasteiger partial charge in [0.25, 0.3) is 0 Å². The summed E-state index contributed by atoms with van der Waals surface area (Å²) in [7, 11) is 0. The van der Waals surface area contributed by atoms with Crippen molar-refractivity contribution < 1.29 is 22.7 Å². The lowest BCUT2D eigenvalue weighted by Gasteiger charge is -2.23. The zero-order chi connectivity index (χ0) is 13.6. The highest BCUT2D eigenvalue weighted by molar-refractivity contribution is 5.66. The molecule has 17 heavy (non-hydrogen) atoms. The maximum atomic E-state index is 13.7. The SMILES string of the molecule is C=CC(OC(C)=O)C(F)(F)C(F)=C(CC)CC. The maximum Gasteiger partial charge on any atom is 0.338 e. The molecule has 0 amide bonds. The Morgan fingerprint density at radius 3 is 2.18 bits per heavy atom. The molecule has 0 rings (SSSR count). The van der Waals surface area contributed by atoms with Gasteiger partial charge in [-0.25, -0.2) is 4.39 Å². The summed E-state index contributed by atoms with van der Waals surface area (Å²) in [6.45, 7) is 7.28. The van der Waals surface area contributed by atoms with E-state index >= 15 is 0 Å². The molecule has 1 atom stereocenters. The van der Waals surface area contributed by atoms with Gasteiger partial charge in [0.2, 0.25) is 0 Å². The van der Waals surface area contributed by atoms with E-state index in [1.165, 1.54) is 0 Å². The first-order valence-electron chi connectivity index (χ1n) is 5.36. The Kier molecular flexibility index (Phi) is 5.99. The molecule has 0 bridgehead atoms. The van der Waals surface area contributed by atoms with E-state index in [4.69, 9.17) is 0 Å². The van der Waals surface area contributed by atoms with Crippen LogP contribution in [0.15, 0.2) is 24.1 Å². The number of allylic oxidation sites excluding steroid dienone is 1. The molecule has 0 aromatic rings. The van der Waals surface area contributed by atoms with Gasteiger partial charge in [0.1, 0.15) is 0 Å². The number of rotatable bonds is 6. The Morgan fingerprint density at radius 1 is 1.41 bits per heavy atom. The molecule has 0 saturated carbocycles. The first-order chi connectivity index (χ1) is 7.81. The molecule has 0 fully saturated rings. The minimum atomic E-state index is -3.87. The Bertz CT molecular complexity index is 316. The van der Waals surface area contributed by atoms with Crippen LogP contribution >= 0.6 is 0 Å². The predicted molar refractivity (Wildman–Crippen MR) is 59.4 cm³/mol. The molecule has 0 spiro atoms. The van der Waals surface area contributed by atoms with E-state index < -0.39 is 23.8 Å². The molecule has 2 nitrogen and oxygen atoms in total. The molecule has 1 unspecified atom stereocenters. The van der Waals surface area contributed by atoms with E-state index in [0.717, 1.165) is 13.0 Å². The molecule has 0 N–H and O–H groups in total. The van der Waals surface area contributed by atoms with Crippen LogP contribution in [0.2, 0.25) is 0 Å². The van der Waals surface area contributed by atoms with Crippen LogP contribution in [0.5, 0.6) is 0 Å². The fourth-order valence-electron chi connectivity index (χ4n) is 1.37. The van der Waals surface area contributed by atoms with E-state index in [2.05, 4.69) is 11.3 Å². The third-order valence-electron chi connectivity index (χ3n) is 2.32. The summed E-state index contributed by atoms with van der Waals surface area (Å²) >= 11 is 0. The number of halogens is 3. The van der Waals surface area contributed by atoms with Gasteiger partial charge in [-0.05, 0) is 24.5 Å². The molecule has 5 heteroatoms. The van der Waals surface area contributed by atoms with Crippen LogP contribution in [-0.2, 0) is 9.53 Å². The van der Waals surface area contributed by atoms with Crippen molar-refractivity contribution in [3.8, 4) is 0 Å². The van der Waals surface area contributed by atoms with Gasteiger partial charge in [-0.2, -0.15) is 8.78 Å². The van der Waals surface area contributed by atoms with Crippen LogP contribution in [0.4, 0.5) is 13.2 Å². The molecule has 0 saturated heterocycles. The molecule has 0 aromatic carbocycles. The highest BCUT2D eigenvalue weighted by Gasteiger charge is 2.46. The quantitative estimate of drug-likeness (QED) is 0.529. The largest absolute Gasteiger partial charge is 0.451 e. The average Bonchev–Trinajstić information content (AvgIpc) is 2.26. The summed E-state index contributed by atoms with van der Waals surface area (Å²) in [4.78, 5) is 10.6. The van der Waals surface area contributed by atoms with Crippen LogP contribution in [0.1, 0.15) is 33.6 Å². The van der Waals surface area contributed by atoms with Crippen molar-refractivity contribution in [1.29, 1.82) is 0 Å². The monoisotopic (exact) mass is 250 g/mol. The number of alkyl halides is 2. The summed E-state index contributed by atoms with van der Waals surface area (Å²) < 4.78 is 45.3. The van der Waals surface area contributed by atoms with Crippen LogP contribution < -0.4 is 0 Å². The van der Waals surface area contributed by atoms with Gasteiger partial charge in [-0.1, -0.05) is 20.4 Å². The number of ether oxygens (including phenoxy) is 1. The summed E-state index contributed by atoms with van der Waals surface area (Å²) in [6.07, 6.45) is -0.888. The molecule has 0 heterocycles. The van der Waals surface area contributed by atoms with Gasteiger partial charge in [-0.15, -0.1) is 0 Å². The Hall–Kier alpha value is -1.26. The second-order valence-electron chi connectivity index (χ2n) is 3.51. The van der Waals surface area contributed by atoms with Crippen LogP contribution in [0, 0.1) is 0 Å². The van der Waals surface area contributed by atoms with Gasteiger partial charge in [0.05, 0.1) is 0 Å². The van der Waals surface area contributed by atoms with Crippen molar-refractivity contribution in [3.05, 3.63) is 24.1 Å². The lowest BCUT2D eigenvalue weighted by Crippen LogP contribution is -2.36. The molecular weight excluding hydrogens is 233 g/mol. The Morgan fingerprint density at radius 2 is 1.88 bits per heavy atom. The Labute approximate surface area is 99.1 Å². The molecule has 0 aromatic heterocycles. The highest BCUT2D eigenvalue weighted by Crippen LogP contribution is 2.35. The van der Waals surface area contributed by atoms with Crippen LogP contribution in [0.3, 0.4) is 0 Å². The van der Waals surface area contributed by atoms with Crippen molar-refractivity contribution in [2.75, 3.05) is 0 Å². The molecule has 0 aliphatic carbocycles. The minimum absolute atomic E-state index is 0.00834. The van der Waals surface area contributed by atoms with E-state index in [1.807, 2.05) is 0 Å². The molecule has 0 aliphatic rings. The van der Waals surface area contributed by atoms with E-state index in [0.29, 0.717) is 0 Å². The van der Waals surface area contributed by atoms with Gasteiger partial charge in [0, 0.05) is 6.92 Å². The van der Waals surface area contributed by atoms with Crippen molar-refractivity contribution in [3.63, 3.8) is 0 Å². The maximum absolute atomic E-state index is 13.7. The van der Waals surface area contributed by atoms with Crippen LogP contribution in [0.25, 0.3) is 0 Å². The van der Waals surface area contributed by atoms with Gasteiger partial charge >= 0.3 is 11.9 Å². The van der Waals surface area contributed by atoms with Crippen molar-refractivity contribution in [2.24, 2.45) is 0 Å². The van der Waals surface area contributed by atoms with Crippen molar-refractivity contribution in [2.45, 2.75) is 45.6 Å². The van der Waals surface area contributed by atoms with E-state index in [-0.39, 0.29) is 18.4 Å². The van der Waals surface area contributed by atoms with E-state index in [9.17, 15) is 18.0 Å². The smallest absolute Gasteiger partial charge is 0.338 e. The number of esters is 1. The normalized spacial score (nSPS) is 12.8. The van der Waals surface area contributed by atoms with Gasteiger partial charge in [-0.3, -0.25) is 4.79 Å². The third kappa shape index (κ3) is 3.91. The highest BCUT2D eigenvalue weighted by atomic mass is 19.3. The number of hydrogen-bond donors (Lipinski definition) is 0. The van der Waals surface area contributed by atoms with Gasteiger partial charge in [0.15, 0.2) is 11.9 Å². The first-order valence-corrected chi connectivity index (χ1v) is 5.36. The fourth-order valence-corrected chi connectivity index (χ4v) is 1.37. The number of carbonyl (C=O) groups excluding carboxylic acids is 1. The zero-order valence-electron chi connectivity index (χ0n) is 10.2. The summed E-state index contributed by atoms with van der Waals surface area (Å²) in [5.74, 6) is -6.31. The first kappa shape index (κ1) is 15.7. The lowest BCUT2D eigenvalue weighted by molar-refractivity contribution is -0.160.